The second-order valence-electron chi connectivity index (χ2n) is 1.93. The summed E-state index contributed by atoms with van der Waals surface area (Å²) >= 11 is 0. The smallest absolute Gasteiger partial charge is 0.0491 e. The first-order chi connectivity index (χ1) is 4.31. The van der Waals surface area contributed by atoms with Gasteiger partial charge in [-0.05, 0) is 18.2 Å². The Hall–Kier alpha value is -0.760. The Morgan fingerprint density at radius 2 is 2.22 bits per heavy atom. The van der Waals surface area contributed by atoms with E-state index in [0.717, 1.165) is 0 Å². The molecule has 0 bridgehead atoms. The average Bonchev–Trinajstić information content (AvgIpc) is 1.89. The molecular weight excluding hydrogens is 114 g/mol. The minimum absolute atomic E-state index is 0.189. The average molecular weight is 127 g/mol. The van der Waals surface area contributed by atoms with Crippen molar-refractivity contribution in [3.05, 3.63) is 24.4 Å². The summed E-state index contributed by atoms with van der Waals surface area (Å²) in [5.74, 6) is 0.223. The molecule has 1 atom stereocenters. The van der Waals surface area contributed by atoms with Gasteiger partial charge in [0.15, 0.2) is 0 Å². The first-order valence-corrected chi connectivity index (χ1v) is 2.97. The van der Waals surface area contributed by atoms with Crippen molar-refractivity contribution in [2.24, 2.45) is 11.7 Å². The van der Waals surface area contributed by atoms with E-state index in [0.29, 0.717) is 0 Å². The van der Waals surface area contributed by atoms with Gasteiger partial charge < -0.3 is 10.8 Å². The molecular formula is C7H13NO. The highest BCUT2D eigenvalue weighted by atomic mass is 16.3. The molecule has 0 spiro atoms. The molecule has 0 aromatic heterocycles. The zero-order valence-corrected chi connectivity index (χ0v) is 5.62. The molecule has 0 radical (unpaired) electrons. The van der Waals surface area contributed by atoms with Crippen LogP contribution < -0.4 is 5.73 Å². The van der Waals surface area contributed by atoms with Crippen LogP contribution in [0.3, 0.4) is 0 Å². The van der Waals surface area contributed by atoms with Crippen molar-refractivity contribution in [2.75, 3.05) is 6.61 Å². The van der Waals surface area contributed by atoms with E-state index in [-0.39, 0.29) is 12.5 Å². The van der Waals surface area contributed by atoms with Gasteiger partial charge in [0.1, 0.15) is 0 Å². The lowest BCUT2D eigenvalue weighted by molar-refractivity contribution is 0.262. The monoisotopic (exact) mass is 127 g/mol. The van der Waals surface area contributed by atoms with Crippen molar-refractivity contribution in [1.29, 1.82) is 0 Å². The first kappa shape index (κ1) is 8.24. The Bertz CT molecular complexity index is 107. The fourth-order valence-electron chi connectivity index (χ4n) is 0.379. The van der Waals surface area contributed by atoms with Crippen LogP contribution in [0.25, 0.3) is 0 Å². The predicted octanol–water partition coefficient (Wildman–Crippen LogP) is 0.643. The predicted molar refractivity (Wildman–Crippen MR) is 38.7 cm³/mol. The Kier molecular flexibility index (Phi) is 4.92. The van der Waals surface area contributed by atoms with Crippen molar-refractivity contribution in [1.82, 2.24) is 0 Å². The second-order valence-corrected chi connectivity index (χ2v) is 1.93. The first-order valence-electron chi connectivity index (χ1n) is 2.97. The summed E-state index contributed by atoms with van der Waals surface area (Å²) in [6.07, 6.45) is 6.90. The summed E-state index contributed by atoms with van der Waals surface area (Å²) in [4.78, 5) is 0. The van der Waals surface area contributed by atoms with Crippen molar-refractivity contribution in [3.8, 4) is 0 Å². The van der Waals surface area contributed by atoms with Gasteiger partial charge in [0.2, 0.25) is 0 Å². The summed E-state index contributed by atoms with van der Waals surface area (Å²) in [6.45, 7) is 2.12. The molecule has 0 amide bonds. The molecule has 0 fully saturated rings. The third-order valence-electron chi connectivity index (χ3n) is 0.950. The maximum atomic E-state index is 8.53. The maximum absolute atomic E-state index is 8.53. The van der Waals surface area contributed by atoms with E-state index in [1.807, 2.05) is 19.1 Å². The van der Waals surface area contributed by atoms with Crippen molar-refractivity contribution < 1.29 is 5.11 Å². The second kappa shape index (κ2) is 5.38. The van der Waals surface area contributed by atoms with E-state index in [9.17, 15) is 0 Å². The van der Waals surface area contributed by atoms with Crippen molar-refractivity contribution in [3.63, 3.8) is 0 Å². The van der Waals surface area contributed by atoms with E-state index in [1.165, 1.54) is 6.20 Å². The summed E-state index contributed by atoms with van der Waals surface area (Å²) < 4.78 is 0. The van der Waals surface area contributed by atoms with Crippen LogP contribution in [-0.2, 0) is 0 Å². The molecule has 0 aliphatic carbocycles. The number of aliphatic hydroxyl groups is 1. The molecule has 0 saturated carbocycles. The quantitative estimate of drug-likeness (QED) is 0.546. The SMILES string of the molecule is CC(/C=C\C=C/N)CO. The lowest BCUT2D eigenvalue weighted by atomic mass is 10.2. The summed E-state index contributed by atoms with van der Waals surface area (Å²) in [5, 5.41) is 8.53. The highest BCUT2D eigenvalue weighted by Gasteiger charge is 1.88. The van der Waals surface area contributed by atoms with Crippen molar-refractivity contribution in [2.45, 2.75) is 6.92 Å². The van der Waals surface area contributed by atoms with Crippen LogP contribution in [0.5, 0.6) is 0 Å². The summed E-state index contributed by atoms with van der Waals surface area (Å²) in [7, 11) is 0. The Balaban J connectivity index is 3.43. The molecule has 2 heteroatoms. The number of allylic oxidation sites excluding steroid dienone is 2. The fraction of sp³-hybridized carbons (Fsp3) is 0.429. The molecule has 0 rings (SSSR count). The molecule has 0 aromatic rings. The molecule has 0 aromatic carbocycles. The summed E-state index contributed by atoms with van der Waals surface area (Å²) in [6, 6.07) is 0. The van der Waals surface area contributed by atoms with Crippen LogP contribution in [-0.4, -0.2) is 11.7 Å². The zero-order chi connectivity index (χ0) is 7.11. The number of aliphatic hydroxyl groups excluding tert-OH is 1. The Labute approximate surface area is 55.7 Å². The Morgan fingerprint density at radius 3 is 2.67 bits per heavy atom. The molecule has 3 N–H and O–H groups in total. The largest absolute Gasteiger partial charge is 0.405 e. The lowest BCUT2D eigenvalue weighted by Gasteiger charge is -1.95. The molecule has 52 valence electrons. The van der Waals surface area contributed by atoms with Gasteiger partial charge in [-0.1, -0.05) is 19.1 Å². The van der Waals surface area contributed by atoms with Crippen LogP contribution in [0.2, 0.25) is 0 Å². The third kappa shape index (κ3) is 5.11. The van der Waals surface area contributed by atoms with E-state index in [1.54, 1.807) is 6.08 Å². The van der Waals surface area contributed by atoms with Gasteiger partial charge in [-0.2, -0.15) is 0 Å². The van der Waals surface area contributed by atoms with Crippen LogP contribution >= 0.6 is 0 Å². The van der Waals surface area contributed by atoms with Gasteiger partial charge in [-0.25, -0.2) is 0 Å². The molecule has 0 heterocycles. The molecule has 0 aliphatic heterocycles. The zero-order valence-electron chi connectivity index (χ0n) is 5.62. The number of nitrogens with two attached hydrogens (primary N) is 1. The normalized spacial score (nSPS) is 15.3. The van der Waals surface area contributed by atoms with Gasteiger partial charge in [-0.3, -0.25) is 0 Å². The van der Waals surface area contributed by atoms with Crippen LogP contribution in [0, 0.1) is 5.92 Å². The topological polar surface area (TPSA) is 46.2 Å². The van der Waals surface area contributed by atoms with E-state index in [2.05, 4.69) is 0 Å². The highest BCUT2D eigenvalue weighted by molar-refractivity contribution is 5.01. The van der Waals surface area contributed by atoms with Gasteiger partial charge >= 0.3 is 0 Å². The minimum atomic E-state index is 0.189. The fourth-order valence-corrected chi connectivity index (χ4v) is 0.379. The van der Waals surface area contributed by atoms with Gasteiger partial charge in [0.25, 0.3) is 0 Å². The number of rotatable bonds is 3. The molecule has 1 unspecified atom stereocenters. The standard InChI is InChI=1S/C7H13NO/c1-7(6-9)4-2-3-5-8/h2-5,7,9H,6,8H2,1H3/b4-2-,5-3-. The molecule has 0 saturated heterocycles. The van der Waals surface area contributed by atoms with Crippen LogP contribution in [0.1, 0.15) is 6.92 Å². The van der Waals surface area contributed by atoms with Crippen LogP contribution in [0.15, 0.2) is 24.4 Å². The summed E-state index contributed by atoms with van der Waals surface area (Å²) in [5.41, 5.74) is 5.06. The van der Waals surface area contributed by atoms with E-state index < -0.39 is 0 Å². The molecule has 9 heavy (non-hydrogen) atoms. The highest BCUT2D eigenvalue weighted by Crippen LogP contribution is 1.93. The molecule has 0 aliphatic rings. The third-order valence-corrected chi connectivity index (χ3v) is 0.950. The van der Waals surface area contributed by atoms with Crippen LogP contribution in [0.4, 0.5) is 0 Å². The molecule has 2 nitrogen and oxygen atoms in total. The number of hydrogen-bond acceptors (Lipinski definition) is 2. The van der Waals surface area contributed by atoms with Crippen molar-refractivity contribution >= 4 is 0 Å². The number of hydrogen-bond donors (Lipinski definition) is 2. The Morgan fingerprint density at radius 1 is 1.56 bits per heavy atom. The van der Waals surface area contributed by atoms with Gasteiger partial charge in [-0.15, -0.1) is 0 Å². The van der Waals surface area contributed by atoms with Gasteiger partial charge in [0, 0.05) is 6.61 Å². The van der Waals surface area contributed by atoms with E-state index in [4.69, 9.17) is 10.8 Å². The van der Waals surface area contributed by atoms with Gasteiger partial charge in [0.05, 0.1) is 0 Å². The lowest BCUT2D eigenvalue weighted by Crippen LogP contribution is -1.94. The minimum Gasteiger partial charge on any atom is -0.405 e. The maximum Gasteiger partial charge on any atom is 0.0491 e. The van der Waals surface area contributed by atoms with E-state index >= 15 is 0 Å².